The van der Waals surface area contributed by atoms with Crippen LogP contribution >= 0.6 is 11.8 Å². The van der Waals surface area contributed by atoms with Gasteiger partial charge in [-0.15, -0.1) is 0 Å². The van der Waals surface area contributed by atoms with Gasteiger partial charge < -0.3 is 10.2 Å². The SMILES string of the molecule is CNCc1cc(N2CCSCC2S(C)(=O)=O)ccn1. The molecular weight excluding hydrogens is 282 g/mol. The Morgan fingerprint density at radius 1 is 1.58 bits per heavy atom. The Balaban J connectivity index is 2.29. The average Bonchev–Trinajstić information content (AvgIpc) is 2.38. The first-order valence-electron chi connectivity index (χ1n) is 6.15. The molecule has 0 spiro atoms. The summed E-state index contributed by atoms with van der Waals surface area (Å²) in [4.78, 5) is 6.25. The molecule has 5 nitrogen and oxygen atoms in total. The van der Waals surface area contributed by atoms with Gasteiger partial charge in [-0.3, -0.25) is 4.98 Å². The summed E-state index contributed by atoms with van der Waals surface area (Å²) in [7, 11) is -1.21. The first-order chi connectivity index (χ1) is 9.02. The highest BCUT2D eigenvalue weighted by Gasteiger charge is 2.31. The second-order valence-electron chi connectivity index (χ2n) is 4.59. The van der Waals surface area contributed by atoms with Crippen molar-refractivity contribution in [2.24, 2.45) is 0 Å². The van der Waals surface area contributed by atoms with Crippen LogP contribution < -0.4 is 10.2 Å². The molecule has 7 heteroatoms. The van der Waals surface area contributed by atoms with Crippen molar-refractivity contribution in [1.82, 2.24) is 10.3 Å². The number of thioether (sulfide) groups is 1. The topological polar surface area (TPSA) is 62.3 Å². The number of nitrogens with one attached hydrogen (secondary N) is 1. The Bertz CT molecular complexity index is 534. The minimum absolute atomic E-state index is 0.434. The van der Waals surface area contributed by atoms with Crippen molar-refractivity contribution in [3.63, 3.8) is 0 Å². The van der Waals surface area contributed by atoms with Gasteiger partial charge in [-0.2, -0.15) is 11.8 Å². The molecule has 0 saturated carbocycles. The van der Waals surface area contributed by atoms with Crippen LogP contribution in [-0.4, -0.2) is 50.1 Å². The number of aromatic nitrogens is 1. The molecule has 1 saturated heterocycles. The monoisotopic (exact) mass is 301 g/mol. The molecule has 1 aliphatic rings. The van der Waals surface area contributed by atoms with Crippen LogP contribution in [0.2, 0.25) is 0 Å². The molecule has 1 N–H and O–H groups in total. The number of anilines is 1. The number of sulfone groups is 1. The Hall–Kier alpha value is -0.790. The van der Waals surface area contributed by atoms with E-state index in [0.717, 1.165) is 23.7 Å². The summed E-state index contributed by atoms with van der Waals surface area (Å²) in [6.07, 6.45) is 3.05. The van der Waals surface area contributed by atoms with Gasteiger partial charge in [-0.05, 0) is 19.2 Å². The van der Waals surface area contributed by atoms with Crippen LogP contribution in [-0.2, 0) is 16.4 Å². The molecule has 0 radical (unpaired) electrons. The van der Waals surface area contributed by atoms with Crippen molar-refractivity contribution >= 4 is 27.3 Å². The summed E-state index contributed by atoms with van der Waals surface area (Å²) in [6.45, 7) is 1.44. The first-order valence-corrected chi connectivity index (χ1v) is 9.26. The molecule has 0 amide bonds. The fraction of sp³-hybridized carbons (Fsp3) is 0.583. The molecule has 1 aromatic heterocycles. The third kappa shape index (κ3) is 3.61. The number of hydrogen-bond donors (Lipinski definition) is 1. The van der Waals surface area contributed by atoms with Gasteiger partial charge in [0.1, 0.15) is 5.37 Å². The lowest BCUT2D eigenvalue weighted by Crippen LogP contribution is -2.47. The van der Waals surface area contributed by atoms with Crippen LogP contribution in [0, 0.1) is 0 Å². The molecule has 2 heterocycles. The first kappa shape index (κ1) is 14.6. The fourth-order valence-electron chi connectivity index (χ4n) is 2.15. The fourth-order valence-corrected chi connectivity index (χ4v) is 4.99. The van der Waals surface area contributed by atoms with Gasteiger partial charge in [0, 0.05) is 42.7 Å². The standard InChI is InChI=1S/C12H19N3O2S2/c1-13-8-10-7-11(3-4-14-10)15-5-6-18-9-12(15)19(2,16)17/h3-4,7,12-13H,5-6,8-9H2,1-2H3. The van der Waals surface area contributed by atoms with E-state index >= 15 is 0 Å². The van der Waals surface area contributed by atoms with E-state index in [9.17, 15) is 8.42 Å². The Morgan fingerprint density at radius 2 is 2.37 bits per heavy atom. The van der Waals surface area contributed by atoms with Crippen LogP contribution in [0.3, 0.4) is 0 Å². The minimum Gasteiger partial charge on any atom is -0.353 e. The van der Waals surface area contributed by atoms with Crippen LogP contribution in [0.1, 0.15) is 5.69 Å². The molecule has 1 atom stereocenters. The minimum atomic E-state index is -3.08. The van der Waals surface area contributed by atoms with Crippen molar-refractivity contribution in [2.45, 2.75) is 11.9 Å². The summed E-state index contributed by atoms with van der Waals surface area (Å²) in [5.74, 6) is 1.58. The maximum absolute atomic E-state index is 11.9. The van der Waals surface area contributed by atoms with E-state index in [1.54, 1.807) is 18.0 Å². The zero-order chi connectivity index (χ0) is 13.9. The second kappa shape index (κ2) is 6.11. The van der Waals surface area contributed by atoms with E-state index in [-0.39, 0.29) is 0 Å². The Morgan fingerprint density at radius 3 is 3.05 bits per heavy atom. The summed E-state index contributed by atoms with van der Waals surface area (Å²) in [6, 6.07) is 3.85. The molecule has 1 aromatic rings. The third-order valence-corrected chi connectivity index (χ3v) is 5.71. The summed E-state index contributed by atoms with van der Waals surface area (Å²) >= 11 is 1.69. The lowest BCUT2D eigenvalue weighted by atomic mass is 10.3. The maximum Gasteiger partial charge on any atom is 0.169 e. The molecule has 1 fully saturated rings. The average molecular weight is 301 g/mol. The van der Waals surface area contributed by atoms with Crippen molar-refractivity contribution in [3.05, 3.63) is 24.0 Å². The van der Waals surface area contributed by atoms with E-state index in [2.05, 4.69) is 10.3 Å². The highest BCUT2D eigenvalue weighted by Crippen LogP contribution is 2.26. The van der Waals surface area contributed by atoms with E-state index in [1.807, 2.05) is 24.1 Å². The highest BCUT2D eigenvalue weighted by molar-refractivity contribution is 8.01. The molecular formula is C12H19N3O2S2. The number of pyridine rings is 1. The molecule has 1 unspecified atom stereocenters. The lowest BCUT2D eigenvalue weighted by Gasteiger charge is -2.36. The van der Waals surface area contributed by atoms with E-state index in [1.165, 1.54) is 6.26 Å². The molecule has 0 bridgehead atoms. The highest BCUT2D eigenvalue weighted by atomic mass is 32.2. The number of hydrogen-bond acceptors (Lipinski definition) is 6. The zero-order valence-electron chi connectivity index (χ0n) is 11.2. The predicted octanol–water partition coefficient (Wildman–Crippen LogP) is 0.725. The molecule has 19 heavy (non-hydrogen) atoms. The summed E-state index contributed by atoms with van der Waals surface area (Å²) in [5.41, 5.74) is 1.86. The molecule has 106 valence electrons. The Kier molecular flexibility index (Phi) is 4.70. The van der Waals surface area contributed by atoms with Crippen molar-refractivity contribution in [1.29, 1.82) is 0 Å². The van der Waals surface area contributed by atoms with Gasteiger partial charge in [0.05, 0.1) is 5.69 Å². The van der Waals surface area contributed by atoms with E-state index in [0.29, 0.717) is 12.3 Å². The van der Waals surface area contributed by atoms with Gasteiger partial charge >= 0.3 is 0 Å². The van der Waals surface area contributed by atoms with Crippen LogP contribution in [0.15, 0.2) is 18.3 Å². The van der Waals surface area contributed by atoms with Gasteiger partial charge in [-0.1, -0.05) is 0 Å². The van der Waals surface area contributed by atoms with E-state index < -0.39 is 15.2 Å². The summed E-state index contributed by atoms with van der Waals surface area (Å²) < 4.78 is 23.8. The smallest absolute Gasteiger partial charge is 0.169 e. The van der Waals surface area contributed by atoms with Crippen LogP contribution in [0.4, 0.5) is 5.69 Å². The van der Waals surface area contributed by atoms with Crippen molar-refractivity contribution in [2.75, 3.05) is 36.3 Å². The van der Waals surface area contributed by atoms with Gasteiger partial charge in [0.25, 0.3) is 0 Å². The van der Waals surface area contributed by atoms with Crippen molar-refractivity contribution in [3.8, 4) is 0 Å². The molecule has 0 aromatic carbocycles. The van der Waals surface area contributed by atoms with Gasteiger partial charge in [-0.25, -0.2) is 8.42 Å². The van der Waals surface area contributed by atoms with Crippen LogP contribution in [0.25, 0.3) is 0 Å². The second-order valence-corrected chi connectivity index (χ2v) is 7.94. The number of rotatable bonds is 4. The molecule has 2 rings (SSSR count). The molecule has 0 aliphatic carbocycles. The third-order valence-electron chi connectivity index (χ3n) is 3.07. The van der Waals surface area contributed by atoms with E-state index in [4.69, 9.17) is 0 Å². The predicted molar refractivity (Wildman–Crippen MR) is 80.3 cm³/mol. The number of nitrogens with zero attached hydrogens (tertiary/aromatic N) is 2. The maximum atomic E-state index is 11.9. The summed E-state index contributed by atoms with van der Waals surface area (Å²) in [5, 5.41) is 2.62. The van der Waals surface area contributed by atoms with Crippen molar-refractivity contribution < 1.29 is 8.42 Å². The van der Waals surface area contributed by atoms with Gasteiger partial charge in [0.2, 0.25) is 0 Å². The van der Waals surface area contributed by atoms with Crippen LogP contribution in [0.5, 0.6) is 0 Å². The van der Waals surface area contributed by atoms with Gasteiger partial charge in [0.15, 0.2) is 9.84 Å². The normalized spacial score (nSPS) is 20.5. The lowest BCUT2D eigenvalue weighted by molar-refractivity contribution is 0.584. The quantitative estimate of drug-likeness (QED) is 0.884. The largest absolute Gasteiger partial charge is 0.353 e. The zero-order valence-corrected chi connectivity index (χ0v) is 12.8. The molecule has 1 aliphatic heterocycles. The Labute approximate surface area is 118 Å².